The summed E-state index contributed by atoms with van der Waals surface area (Å²) in [5.41, 5.74) is 1.18. The summed E-state index contributed by atoms with van der Waals surface area (Å²) >= 11 is 0. The number of benzene rings is 1. The fraction of sp³-hybridized carbons (Fsp3) is 0.533. The van der Waals surface area contributed by atoms with Crippen LogP contribution in [0.3, 0.4) is 0 Å². The Bertz CT molecular complexity index is 464. The van der Waals surface area contributed by atoms with Gasteiger partial charge in [-0.25, -0.2) is 0 Å². The summed E-state index contributed by atoms with van der Waals surface area (Å²) in [5.74, 6) is -0.0917. The van der Waals surface area contributed by atoms with Crippen LogP contribution in [0.4, 0.5) is 5.69 Å². The van der Waals surface area contributed by atoms with Gasteiger partial charge >= 0.3 is 0 Å². The Kier molecular flexibility index (Phi) is 4.62. The third kappa shape index (κ3) is 3.29. The molecule has 20 heavy (non-hydrogen) atoms. The van der Waals surface area contributed by atoms with Crippen molar-refractivity contribution in [3.63, 3.8) is 0 Å². The predicted octanol–water partition coefficient (Wildman–Crippen LogP) is 1.25. The predicted molar refractivity (Wildman–Crippen MR) is 77.9 cm³/mol. The van der Waals surface area contributed by atoms with E-state index in [9.17, 15) is 9.90 Å². The van der Waals surface area contributed by atoms with Gasteiger partial charge in [-0.15, -0.1) is 0 Å². The molecular weight excluding hydrogens is 256 g/mol. The minimum Gasteiger partial charge on any atom is -0.396 e. The standard InChI is InChI=1S/C15H22N2O3/c1-11(2)17-14(19)12-5-3-4-6-13(12)16-7-15(8-18)9-20-10-15/h3-6,11,16,18H,7-10H2,1-2H3,(H,17,19). The number of nitrogens with one attached hydrogen (secondary N) is 2. The van der Waals surface area contributed by atoms with E-state index in [0.29, 0.717) is 25.3 Å². The SMILES string of the molecule is CC(C)NC(=O)c1ccccc1NCC1(CO)COC1. The summed E-state index contributed by atoms with van der Waals surface area (Å²) in [7, 11) is 0. The van der Waals surface area contributed by atoms with Gasteiger partial charge in [-0.1, -0.05) is 12.1 Å². The first-order valence-electron chi connectivity index (χ1n) is 6.89. The molecular formula is C15H22N2O3. The van der Waals surface area contributed by atoms with E-state index in [0.717, 1.165) is 5.69 Å². The van der Waals surface area contributed by atoms with Gasteiger partial charge in [0.15, 0.2) is 0 Å². The molecule has 1 aliphatic rings. The van der Waals surface area contributed by atoms with Crippen molar-refractivity contribution >= 4 is 11.6 Å². The Morgan fingerprint density at radius 3 is 2.65 bits per heavy atom. The van der Waals surface area contributed by atoms with E-state index in [2.05, 4.69) is 10.6 Å². The quantitative estimate of drug-likeness (QED) is 0.732. The van der Waals surface area contributed by atoms with Gasteiger partial charge in [-0.2, -0.15) is 0 Å². The van der Waals surface area contributed by atoms with Crippen LogP contribution in [-0.4, -0.2) is 43.4 Å². The maximum absolute atomic E-state index is 12.1. The van der Waals surface area contributed by atoms with E-state index in [1.165, 1.54) is 0 Å². The van der Waals surface area contributed by atoms with Gasteiger partial charge in [0.1, 0.15) is 0 Å². The van der Waals surface area contributed by atoms with Crippen molar-refractivity contribution in [1.29, 1.82) is 0 Å². The fourth-order valence-corrected chi connectivity index (χ4v) is 2.10. The number of hydrogen-bond donors (Lipinski definition) is 3. The number of aliphatic hydroxyl groups is 1. The van der Waals surface area contributed by atoms with Gasteiger partial charge in [-0.05, 0) is 26.0 Å². The largest absolute Gasteiger partial charge is 0.396 e. The molecule has 1 aromatic carbocycles. The summed E-state index contributed by atoms with van der Waals surface area (Å²) in [6.45, 7) is 5.64. The number of rotatable bonds is 6. The van der Waals surface area contributed by atoms with Crippen LogP contribution in [0.5, 0.6) is 0 Å². The third-order valence-corrected chi connectivity index (χ3v) is 3.40. The Hall–Kier alpha value is -1.59. The van der Waals surface area contributed by atoms with E-state index in [1.54, 1.807) is 6.07 Å². The first kappa shape index (κ1) is 14.8. The first-order valence-corrected chi connectivity index (χ1v) is 6.89. The molecule has 1 aliphatic heterocycles. The molecule has 0 aromatic heterocycles. The molecule has 0 radical (unpaired) electrons. The molecule has 0 bridgehead atoms. The van der Waals surface area contributed by atoms with Crippen LogP contribution in [-0.2, 0) is 4.74 Å². The summed E-state index contributed by atoms with van der Waals surface area (Å²) < 4.78 is 5.17. The number of anilines is 1. The molecule has 3 N–H and O–H groups in total. The Labute approximate surface area is 119 Å². The maximum atomic E-state index is 12.1. The van der Waals surface area contributed by atoms with Gasteiger partial charge in [0.05, 0.1) is 30.8 Å². The van der Waals surface area contributed by atoms with Gasteiger partial charge in [0, 0.05) is 18.3 Å². The third-order valence-electron chi connectivity index (χ3n) is 3.40. The normalized spacial score (nSPS) is 16.6. The highest BCUT2D eigenvalue weighted by atomic mass is 16.5. The van der Waals surface area contributed by atoms with Crippen LogP contribution in [0.25, 0.3) is 0 Å². The van der Waals surface area contributed by atoms with E-state index in [1.807, 2.05) is 32.0 Å². The van der Waals surface area contributed by atoms with Crippen molar-refractivity contribution in [2.45, 2.75) is 19.9 Å². The fourth-order valence-electron chi connectivity index (χ4n) is 2.10. The molecule has 0 spiro atoms. The van der Waals surface area contributed by atoms with E-state index < -0.39 is 0 Å². The Morgan fingerprint density at radius 2 is 2.10 bits per heavy atom. The van der Waals surface area contributed by atoms with Gasteiger partial charge < -0.3 is 20.5 Å². The number of ether oxygens (including phenoxy) is 1. The highest BCUT2D eigenvalue weighted by molar-refractivity contribution is 5.99. The van der Waals surface area contributed by atoms with E-state index in [4.69, 9.17) is 4.74 Å². The van der Waals surface area contributed by atoms with Gasteiger partial charge in [-0.3, -0.25) is 4.79 Å². The Balaban J connectivity index is 2.06. The lowest BCUT2D eigenvalue weighted by molar-refractivity contribution is -0.128. The number of carbonyl (C=O) groups excluding carboxylic acids is 1. The van der Waals surface area contributed by atoms with Crippen molar-refractivity contribution in [2.24, 2.45) is 5.41 Å². The smallest absolute Gasteiger partial charge is 0.253 e. The molecule has 0 unspecified atom stereocenters. The number of hydrogen-bond acceptors (Lipinski definition) is 4. The van der Waals surface area contributed by atoms with Gasteiger partial charge in [0.25, 0.3) is 5.91 Å². The molecule has 0 saturated carbocycles. The first-order chi connectivity index (χ1) is 9.56. The second-order valence-corrected chi connectivity index (χ2v) is 5.68. The molecule has 0 aliphatic carbocycles. The molecule has 1 heterocycles. The van der Waals surface area contributed by atoms with Crippen molar-refractivity contribution in [3.8, 4) is 0 Å². The zero-order chi connectivity index (χ0) is 14.6. The second-order valence-electron chi connectivity index (χ2n) is 5.68. The van der Waals surface area contributed by atoms with Crippen LogP contribution in [0.1, 0.15) is 24.2 Å². The summed E-state index contributed by atoms with van der Waals surface area (Å²) in [6, 6.07) is 7.49. The zero-order valence-corrected chi connectivity index (χ0v) is 12.0. The summed E-state index contributed by atoms with van der Waals surface area (Å²) in [6.07, 6.45) is 0. The van der Waals surface area contributed by atoms with E-state index in [-0.39, 0.29) is 24.0 Å². The lowest BCUT2D eigenvalue weighted by Crippen LogP contribution is -2.50. The average Bonchev–Trinajstić information content (AvgIpc) is 2.37. The second kappa shape index (κ2) is 6.24. The minimum absolute atomic E-state index is 0.0837. The number of carbonyl (C=O) groups is 1. The molecule has 0 atom stereocenters. The van der Waals surface area contributed by atoms with Crippen molar-refractivity contribution in [1.82, 2.24) is 5.32 Å². The van der Waals surface area contributed by atoms with Crippen LogP contribution in [0.2, 0.25) is 0 Å². The van der Waals surface area contributed by atoms with Crippen molar-refractivity contribution in [3.05, 3.63) is 29.8 Å². The van der Waals surface area contributed by atoms with Crippen molar-refractivity contribution < 1.29 is 14.6 Å². The lowest BCUT2D eigenvalue weighted by Gasteiger charge is -2.40. The lowest BCUT2D eigenvalue weighted by atomic mass is 9.87. The topological polar surface area (TPSA) is 70.6 Å². The van der Waals surface area contributed by atoms with Crippen LogP contribution < -0.4 is 10.6 Å². The van der Waals surface area contributed by atoms with Gasteiger partial charge in [0.2, 0.25) is 0 Å². The number of para-hydroxylation sites is 1. The maximum Gasteiger partial charge on any atom is 0.253 e. The highest BCUT2D eigenvalue weighted by Gasteiger charge is 2.38. The monoisotopic (exact) mass is 278 g/mol. The van der Waals surface area contributed by atoms with Crippen LogP contribution in [0.15, 0.2) is 24.3 Å². The van der Waals surface area contributed by atoms with Crippen molar-refractivity contribution in [2.75, 3.05) is 31.7 Å². The number of aliphatic hydroxyl groups excluding tert-OH is 1. The summed E-state index contributed by atoms with van der Waals surface area (Å²) in [4.78, 5) is 12.1. The summed E-state index contributed by atoms with van der Waals surface area (Å²) in [5, 5.41) is 15.6. The highest BCUT2D eigenvalue weighted by Crippen LogP contribution is 2.27. The molecule has 5 nitrogen and oxygen atoms in total. The molecule has 1 saturated heterocycles. The van der Waals surface area contributed by atoms with Crippen LogP contribution in [0, 0.1) is 5.41 Å². The Morgan fingerprint density at radius 1 is 1.40 bits per heavy atom. The molecule has 1 fully saturated rings. The average molecular weight is 278 g/mol. The zero-order valence-electron chi connectivity index (χ0n) is 12.0. The molecule has 1 amide bonds. The molecule has 2 rings (SSSR count). The van der Waals surface area contributed by atoms with E-state index >= 15 is 0 Å². The minimum atomic E-state index is -0.221. The number of amides is 1. The van der Waals surface area contributed by atoms with Crippen LogP contribution >= 0.6 is 0 Å². The molecule has 110 valence electrons. The molecule has 1 aromatic rings. The molecule has 5 heteroatoms.